The number of halogens is 4. The fraction of sp³-hybridized carbons (Fsp3) is 0.409. The summed E-state index contributed by atoms with van der Waals surface area (Å²) in [5, 5.41) is 0.886. The molecule has 0 aliphatic rings. The molecule has 0 amide bonds. The first-order valence-electron chi connectivity index (χ1n) is 9.90. The Hall–Kier alpha value is -2.19. The minimum Gasteiger partial charge on any atom is -0.494 e. The van der Waals surface area contributed by atoms with Gasteiger partial charge in [0.1, 0.15) is 12.4 Å². The van der Waals surface area contributed by atoms with E-state index in [1.807, 2.05) is 25.1 Å². The van der Waals surface area contributed by atoms with Crippen LogP contribution in [0.4, 0.5) is 17.6 Å². The lowest BCUT2D eigenvalue weighted by Crippen LogP contribution is -2.27. The van der Waals surface area contributed by atoms with Crippen LogP contribution in [0, 0.1) is 0 Å². The second-order valence-electron chi connectivity index (χ2n) is 6.94. The highest BCUT2D eigenvalue weighted by Crippen LogP contribution is 2.35. The van der Waals surface area contributed by atoms with E-state index < -0.39 is 11.7 Å². The second-order valence-corrected chi connectivity index (χ2v) is 7.75. The molecule has 0 fully saturated rings. The van der Waals surface area contributed by atoms with Gasteiger partial charge in [0.25, 0.3) is 0 Å². The number of ether oxygens (including phenoxy) is 1. The summed E-state index contributed by atoms with van der Waals surface area (Å²) in [6.45, 7) is 4.44. The maximum Gasteiger partial charge on any atom is 0.416 e. The van der Waals surface area contributed by atoms with Gasteiger partial charge in [-0.1, -0.05) is 19.1 Å². The van der Waals surface area contributed by atoms with Crippen LogP contribution >= 0.6 is 11.5 Å². The lowest BCUT2D eigenvalue weighted by atomic mass is 10.1. The van der Waals surface area contributed by atoms with Gasteiger partial charge in [-0.15, -0.1) is 0 Å². The van der Waals surface area contributed by atoms with Gasteiger partial charge in [-0.25, -0.2) is 4.39 Å². The number of nitrogens with zero attached hydrogens (tertiary/aromatic N) is 2. The van der Waals surface area contributed by atoms with Crippen LogP contribution < -0.4 is 4.74 Å². The van der Waals surface area contributed by atoms with E-state index in [-0.39, 0.29) is 6.67 Å². The Balaban J connectivity index is 1.59. The molecule has 0 saturated carbocycles. The predicted octanol–water partition coefficient (Wildman–Crippen LogP) is 6.43. The van der Waals surface area contributed by atoms with Crippen LogP contribution in [0.15, 0.2) is 42.5 Å². The van der Waals surface area contributed by atoms with Crippen molar-refractivity contribution >= 4 is 21.6 Å². The van der Waals surface area contributed by atoms with Crippen molar-refractivity contribution in [1.82, 2.24) is 9.27 Å². The first-order valence-corrected chi connectivity index (χ1v) is 10.7. The van der Waals surface area contributed by atoms with Gasteiger partial charge < -0.3 is 9.64 Å². The largest absolute Gasteiger partial charge is 0.494 e. The Morgan fingerprint density at radius 2 is 1.80 bits per heavy atom. The molecule has 1 heterocycles. The minimum atomic E-state index is -4.35. The molecular formula is C22H24F4N2OS. The van der Waals surface area contributed by atoms with E-state index in [9.17, 15) is 17.6 Å². The molecule has 8 heteroatoms. The number of alkyl halides is 4. The molecule has 30 heavy (non-hydrogen) atoms. The van der Waals surface area contributed by atoms with Crippen molar-refractivity contribution in [3.05, 3.63) is 48.0 Å². The average Bonchev–Trinajstić information content (AvgIpc) is 3.15. The molecule has 3 nitrogen and oxygen atoms in total. The predicted molar refractivity (Wildman–Crippen MR) is 113 cm³/mol. The molecule has 0 saturated heterocycles. The third kappa shape index (κ3) is 5.70. The van der Waals surface area contributed by atoms with Crippen molar-refractivity contribution in [2.75, 3.05) is 32.9 Å². The fourth-order valence-corrected chi connectivity index (χ4v) is 4.03. The van der Waals surface area contributed by atoms with Gasteiger partial charge >= 0.3 is 6.18 Å². The zero-order chi connectivity index (χ0) is 21.6. The van der Waals surface area contributed by atoms with Crippen LogP contribution in [0.1, 0.15) is 25.3 Å². The first kappa shape index (κ1) is 22.5. The lowest BCUT2D eigenvalue weighted by Gasteiger charge is -2.18. The molecule has 0 aliphatic carbocycles. The highest BCUT2D eigenvalue weighted by molar-refractivity contribution is 7.13. The maximum atomic E-state index is 12.8. The van der Waals surface area contributed by atoms with E-state index in [0.717, 1.165) is 53.9 Å². The summed E-state index contributed by atoms with van der Waals surface area (Å²) in [7, 11) is 0. The van der Waals surface area contributed by atoms with Crippen LogP contribution in [-0.2, 0) is 6.18 Å². The third-order valence-corrected chi connectivity index (χ3v) is 5.72. The highest BCUT2D eigenvalue weighted by atomic mass is 32.1. The normalized spacial score (nSPS) is 12.1. The number of hydrogen-bond donors (Lipinski definition) is 0. The van der Waals surface area contributed by atoms with Gasteiger partial charge in [-0.05, 0) is 67.8 Å². The van der Waals surface area contributed by atoms with E-state index in [4.69, 9.17) is 4.74 Å². The number of unbranched alkanes of at least 4 members (excludes halogenated alkanes) is 1. The summed E-state index contributed by atoms with van der Waals surface area (Å²) in [5.41, 5.74) is 0.646. The van der Waals surface area contributed by atoms with Gasteiger partial charge in [0.15, 0.2) is 0 Å². The van der Waals surface area contributed by atoms with Crippen LogP contribution in [0.3, 0.4) is 0 Å². The van der Waals surface area contributed by atoms with Gasteiger partial charge in [-0.2, -0.15) is 17.5 Å². The standard InChI is InChI=1S/C22H24F4N2OS/c1-2-28(13-11-23)12-3-4-14-29-18-9-10-19-20(15-18)30-27-21(19)16-5-7-17(8-6-16)22(24,25)26/h5-10,15H,2-4,11-14H2,1H3. The summed E-state index contributed by atoms with van der Waals surface area (Å²) in [4.78, 5) is 2.08. The molecule has 0 radical (unpaired) electrons. The molecule has 0 unspecified atom stereocenters. The number of rotatable bonds is 10. The zero-order valence-electron chi connectivity index (χ0n) is 16.7. The van der Waals surface area contributed by atoms with Crippen molar-refractivity contribution < 1.29 is 22.3 Å². The lowest BCUT2D eigenvalue weighted by molar-refractivity contribution is -0.137. The number of aromatic nitrogens is 1. The van der Waals surface area contributed by atoms with Gasteiger partial charge in [-0.3, -0.25) is 0 Å². The van der Waals surface area contributed by atoms with E-state index >= 15 is 0 Å². The Labute approximate surface area is 177 Å². The van der Waals surface area contributed by atoms with Crippen LogP contribution in [0.5, 0.6) is 5.75 Å². The van der Waals surface area contributed by atoms with Crippen molar-refractivity contribution in [2.45, 2.75) is 25.9 Å². The molecule has 0 bridgehead atoms. The quantitative estimate of drug-likeness (QED) is 0.268. The van der Waals surface area contributed by atoms with E-state index in [0.29, 0.717) is 24.4 Å². The summed E-state index contributed by atoms with van der Waals surface area (Å²) in [5.74, 6) is 0.737. The molecule has 0 atom stereocenters. The van der Waals surface area contributed by atoms with E-state index in [1.54, 1.807) is 0 Å². The molecular weight excluding hydrogens is 416 g/mol. The summed E-state index contributed by atoms with van der Waals surface area (Å²) in [6.07, 6.45) is -2.54. The molecule has 162 valence electrons. The molecule has 1 aromatic heterocycles. The Morgan fingerprint density at radius 1 is 1.03 bits per heavy atom. The summed E-state index contributed by atoms with van der Waals surface area (Å²) >= 11 is 1.29. The van der Waals surface area contributed by atoms with Crippen LogP contribution in [-0.4, -0.2) is 42.2 Å². The first-order chi connectivity index (χ1) is 14.4. The number of fused-ring (bicyclic) bond motifs is 1. The highest BCUT2D eigenvalue weighted by Gasteiger charge is 2.30. The molecule has 2 aromatic carbocycles. The van der Waals surface area contributed by atoms with Crippen molar-refractivity contribution in [2.24, 2.45) is 0 Å². The molecule has 0 spiro atoms. The smallest absolute Gasteiger partial charge is 0.416 e. The topological polar surface area (TPSA) is 25.4 Å². The maximum absolute atomic E-state index is 12.8. The summed E-state index contributed by atoms with van der Waals surface area (Å²) in [6, 6.07) is 10.7. The third-order valence-electron chi connectivity index (χ3n) is 4.91. The van der Waals surface area contributed by atoms with Crippen molar-refractivity contribution in [3.63, 3.8) is 0 Å². The average molecular weight is 441 g/mol. The van der Waals surface area contributed by atoms with Gasteiger partial charge in [0.05, 0.1) is 22.6 Å². The number of hydrogen-bond acceptors (Lipinski definition) is 4. The van der Waals surface area contributed by atoms with Gasteiger partial charge in [0.2, 0.25) is 0 Å². The minimum absolute atomic E-state index is 0.326. The van der Waals surface area contributed by atoms with E-state index in [1.165, 1.54) is 23.7 Å². The molecule has 3 aromatic rings. The van der Waals surface area contributed by atoms with Crippen LogP contribution in [0.25, 0.3) is 21.3 Å². The Morgan fingerprint density at radius 3 is 2.47 bits per heavy atom. The SMILES string of the molecule is CCN(CCF)CCCCOc1ccc2c(-c3ccc(C(F)(F)F)cc3)nsc2c1. The number of benzene rings is 2. The Kier molecular flexibility index (Phi) is 7.66. The monoisotopic (exact) mass is 440 g/mol. The zero-order valence-corrected chi connectivity index (χ0v) is 17.5. The van der Waals surface area contributed by atoms with Crippen molar-refractivity contribution in [3.8, 4) is 17.0 Å². The van der Waals surface area contributed by atoms with Gasteiger partial charge in [0, 0.05) is 17.5 Å². The summed E-state index contributed by atoms with van der Waals surface area (Å²) < 4.78 is 61.8. The van der Waals surface area contributed by atoms with Crippen LogP contribution in [0.2, 0.25) is 0 Å². The molecule has 0 aliphatic heterocycles. The molecule has 3 rings (SSSR count). The Bertz CT molecular complexity index is 940. The second kappa shape index (κ2) is 10.2. The fourth-order valence-electron chi connectivity index (χ4n) is 3.21. The van der Waals surface area contributed by atoms with E-state index in [2.05, 4.69) is 9.27 Å². The van der Waals surface area contributed by atoms with Crippen molar-refractivity contribution in [1.29, 1.82) is 0 Å². The molecule has 0 N–H and O–H groups in total.